The fourth-order valence-corrected chi connectivity index (χ4v) is 2.14. The van der Waals surface area contributed by atoms with Gasteiger partial charge < -0.3 is 10.2 Å². The van der Waals surface area contributed by atoms with E-state index in [9.17, 15) is 4.79 Å². The first-order valence-corrected chi connectivity index (χ1v) is 7.64. The van der Waals surface area contributed by atoms with Gasteiger partial charge in [0.25, 0.3) is 0 Å². The molecule has 0 fully saturated rings. The van der Waals surface area contributed by atoms with Crippen LogP contribution >= 0.6 is 0 Å². The number of rotatable bonds is 9. The van der Waals surface area contributed by atoms with Crippen LogP contribution in [0.25, 0.3) is 0 Å². The number of anilines is 1. The van der Waals surface area contributed by atoms with E-state index in [4.69, 9.17) is 5.26 Å². The molecule has 0 heterocycles. The summed E-state index contributed by atoms with van der Waals surface area (Å²) in [6, 6.07) is 9.05. The van der Waals surface area contributed by atoms with Crippen molar-refractivity contribution in [2.24, 2.45) is 0 Å². The molecule has 0 unspecified atom stereocenters. The van der Waals surface area contributed by atoms with Crippen molar-refractivity contribution in [3.63, 3.8) is 0 Å². The Morgan fingerprint density at radius 1 is 1.29 bits per heavy atom. The number of nitriles is 1. The van der Waals surface area contributed by atoms with Crippen LogP contribution in [0.5, 0.6) is 0 Å². The van der Waals surface area contributed by atoms with Crippen LogP contribution in [0, 0.1) is 11.3 Å². The zero-order valence-corrected chi connectivity index (χ0v) is 13.1. The molecule has 0 aliphatic carbocycles. The first-order chi connectivity index (χ1) is 10.2. The number of nitrogens with zero attached hydrogens (tertiary/aromatic N) is 2. The molecule has 1 amide bonds. The molecule has 0 saturated carbocycles. The summed E-state index contributed by atoms with van der Waals surface area (Å²) in [5.74, 6) is 0.00653. The van der Waals surface area contributed by atoms with Gasteiger partial charge in [0.15, 0.2) is 0 Å². The Hall–Kier alpha value is -1.86. The van der Waals surface area contributed by atoms with Gasteiger partial charge in [-0.05, 0) is 51.2 Å². The zero-order valence-electron chi connectivity index (χ0n) is 13.1. The molecule has 0 saturated heterocycles. The summed E-state index contributed by atoms with van der Waals surface area (Å²) in [6.45, 7) is 4.24. The van der Waals surface area contributed by atoms with Crippen LogP contribution < -0.4 is 5.32 Å². The molecule has 4 nitrogen and oxygen atoms in total. The number of nitrogens with one attached hydrogen (secondary N) is 1. The molecule has 0 bridgehead atoms. The fourth-order valence-electron chi connectivity index (χ4n) is 2.14. The van der Waals surface area contributed by atoms with Gasteiger partial charge in [-0.2, -0.15) is 5.26 Å². The van der Waals surface area contributed by atoms with Gasteiger partial charge >= 0.3 is 0 Å². The van der Waals surface area contributed by atoms with Gasteiger partial charge in [0.2, 0.25) is 5.91 Å². The van der Waals surface area contributed by atoms with Crippen molar-refractivity contribution in [3.8, 4) is 6.07 Å². The second-order valence-corrected chi connectivity index (χ2v) is 5.35. The lowest BCUT2D eigenvalue weighted by Crippen LogP contribution is -2.22. The predicted octanol–water partition coefficient (Wildman–Crippen LogP) is 3.40. The molecule has 0 radical (unpaired) electrons. The number of hydrogen-bond donors (Lipinski definition) is 1. The second kappa shape index (κ2) is 9.95. The third-order valence-corrected chi connectivity index (χ3v) is 3.36. The van der Waals surface area contributed by atoms with Crippen molar-refractivity contribution in [1.29, 1.82) is 5.26 Å². The van der Waals surface area contributed by atoms with Crippen LogP contribution in [0.15, 0.2) is 24.3 Å². The molecule has 0 atom stereocenters. The topological polar surface area (TPSA) is 56.1 Å². The molecule has 1 aromatic rings. The van der Waals surface area contributed by atoms with E-state index in [1.54, 1.807) is 24.3 Å². The van der Waals surface area contributed by atoms with Crippen molar-refractivity contribution >= 4 is 11.6 Å². The monoisotopic (exact) mass is 287 g/mol. The average molecular weight is 287 g/mol. The molecule has 1 N–H and O–H groups in total. The molecule has 4 heteroatoms. The first kappa shape index (κ1) is 17.2. The minimum atomic E-state index is 0.00653. The molecule has 114 valence electrons. The molecule has 1 rings (SSSR count). The molecule has 0 aliphatic rings. The van der Waals surface area contributed by atoms with Crippen LogP contribution in [0.2, 0.25) is 0 Å². The van der Waals surface area contributed by atoms with Gasteiger partial charge in [-0.1, -0.05) is 25.8 Å². The van der Waals surface area contributed by atoms with E-state index in [0.717, 1.165) is 19.5 Å². The number of carbonyl (C=O) groups is 1. The summed E-state index contributed by atoms with van der Waals surface area (Å²) in [4.78, 5) is 14.1. The number of unbranched alkanes of at least 4 members (excludes halogenated alkanes) is 2. The normalized spacial score (nSPS) is 10.4. The van der Waals surface area contributed by atoms with Crippen LogP contribution in [-0.4, -0.2) is 30.9 Å². The Kier molecular flexibility index (Phi) is 8.15. The van der Waals surface area contributed by atoms with Gasteiger partial charge in [-0.15, -0.1) is 0 Å². The van der Waals surface area contributed by atoms with Crippen molar-refractivity contribution in [3.05, 3.63) is 29.8 Å². The number of hydrogen-bond acceptors (Lipinski definition) is 3. The highest BCUT2D eigenvalue weighted by atomic mass is 16.1. The summed E-state index contributed by atoms with van der Waals surface area (Å²) >= 11 is 0. The van der Waals surface area contributed by atoms with Crippen LogP contribution in [-0.2, 0) is 4.79 Å². The van der Waals surface area contributed by atoms with E-state index in [1.807, 2.05) is 0 Å². The standard InChI is InChI=1S/C17H25N3O/c1-3-4-5-11-20(2)12-7-10-17(21)19-16-9-6-8-15(13-16)14-18/h6,8-9,13H,3-5,7,10-12H2,1-2H3,(H,19,21). The summed E-state index contributed by atoms with van der Waals surface area (Å²) in [7, 11) is 2.10. The number of amides is 1. The Labute approximate surface area is 127 Å². The highest BCUT2D eigenvalue weighted by Gasteiger charge is 2.04. The first-order valence-electron chi connectivity index (χ1n) is 7.64. The zero-order chi connectivity index (χ0) is 15.5. The molecular formula is C17H25N3O. The van der Waals surface area contributed by atoms with Crippen LogP contribution in [0.4, 0.5) is 5.69 Å². The molecule has 0 aliphatic heterocycles. The largest absolute Gasteiger partial charge is 0.326 e. The summed E-state index contributed by atoms with van der Waals surface area (Å²) in [5, 5.41) is 11.7. The third-order valence-electron chi connectivity index (χ3n) is 3.36. The molecule has 0 spiro atoms. The Morgan fingerprint density at radius 2 is 2.05 bits per heavy atom. The maximum Gasteiger partial charge on any atom is 0.224 e. The van der Waals surface area contributed by atoms with Gasteiger partial charge in [0.1, 0.15) is 0 Å². The van der Waals surface area contributed by atoms with Crippen LogP contribution in [0.3, 0.4) is 0 Å². The number of carbonyl (C=O) groups excluding carboxylic acids is 1. The number of benzene rings is 1. The van der Waals surface area contributed by atoms with E-state index in [-0.39, 0.29) is 5.91 Å². The highest BCUT2D eigenvalue weighted by molar-refractivity contribution is 5.90. The van der Waals surface area contributed by atoms with E-state index in [1.165, 1.54) is 19.3 Å². The van der Waals surface area contributed by atoms with Gasteiger partial charge in [-0.25, -0.2) is 0 Å². The quantitative estimate of drug-likeness (QED) is 0.708. The lowest BCUT2D eigenvalue weighted by molar-refractivity contribution is -0.116. The maximum atomic E-state index is 11.8. The predicted molar refractivity (Wildman–Crippen MR) is 86.0 cm³/mol. The van der Waals surface area contributed by atoms with Gasteiger partial charge in [-0.3, -0.25) is 4.79 Å². The molecule has 0 aromatic heterocycles. The van der Waals surface area contributed by atoms with Gasteiger partial charge in [0, 0.05) is 12.1 Å². The van der Waals surface area contributed by atoms with Crippen molar-refractivity contribution in [2.45, 2.75) is 39.0 Å². The smallest absolute Gasteiger partial charge is 0.224 e. The third kappa shape index (κ3) is 7.48. The van der Waals surface area contributed by atoms with Crippen LogP contribution in [0.1, 0.15) is 44.6 Å². The van der Waals surface area contributed by atoms with E-state index < -0.39 is 0 Å². The molecule has 21 heavy (non-hydrogen) atoms. The lowest BCUT2D eigenvalue weighted by Gasteiger charge is -2.15. The molecular weight excluding hydrogens is 262 g/mol. The summed E-state index contributed by atoms with van der Waals surface area (Å²) in [6.07, 6.45) is 5.08. The minimum Gasteiger partial charge on any atom is -0.326 e. The Bertz CT molecular complexity index is 479. The average Bonchev–Trinajstić information content (AvgIpc) is 2.47. The van der Waals surface area contributed by atoms with E-state index in [0.29, 0.717) is 17.7 Å². The molecule has 1 aromatic carbocycles. The Balaban J connectivity index is 2.23. The fraction of sp³-hybridized carbons (Fsp3) is 0.529. The van der Waals surface area contributed by atoms with Gasteiger partial charge in [0.05, 0.1) is 11.6 Å². The second-order valence-electron chi connectivity index (χ2n) is 5.35. The van der Waals surface area contributed by atoms with E-state index in [2.05, 4.69) is 30.3 Å². The van der Waals surface area contributed by atoms with Crippen molar-refractivity contribution in [2.75, 3.05) is 25.5 Å². The van der Waals surface area contributed by atoms with Crippen molar-refractivity contribution < 1.29 is 4.79 Å². The summed E-state index contributed by atoms with van der Waals surface area (Å²) in [5.41, 5.74) is 1.25. The van der Waals surface area contributed by atoms with Crippen molar-refractivity contribution in [1.82, 2.24) is 4.90 Å². The minimum absolute atomic E-state index is 0.00653. The SMILES string of the molecule is CCCCCN(C)CCCC(=O)Nc1cccc(C#N)c1. The Morgan fingerprint density at radius 3 is 2.76 bits per heavy atom. The lowest BCUT2D eigenvalue weighted by atomic mass is 10.2. The maximum absolute atomic E-state index is 11.8. The highest BCUT2D eigenvalue weighted by Crippen LogP contribution is 2.10. The van der Waals surface area contributed by atoms with E-state index >= 15 is 0 Å². The summed E-state index contributed by atoms with van der Waals surface area (Å²) < 4.78 is 0.